The quantitative estimate of drug-likeness (QED) is 0.343. The van der Waals surface area contributed by atoms with Crippen LogP contribution in [0, 0.1) is 0 Å². The highest BCUT2D eigenvalue weighted by molar-refractivity contribution is 6.17. The molecule has 5 aromatic rings. The maximum Gasteiger partial charge on any atom is 0.184 e. The molecule has 6 rings (SSSR count). The molecule has 1 aliphatic carbocycles. The van der Waals surface area contributed by atoms with Crippen molar-refractivity contribution >= 4 is 16.7 Å². The minimum Gasteiger partial charge on any atom is -0.292 e. The lowest BCUT2D eigenvalue weighted by Crippen LogP contribution is -2.41. The molecule has 1 aliphatic rings. The first-order valence-electron chi connectivity index (χ1n) is 10.5. The summed E-state index contributed by atoms with van der Waals surface area (Å²) in [4.78, 5) is 19.4. The van der Waals surface area contributed by atoms with Crippen molar-refractivity contribution in [2.75, 3.05) is 0 Å². The van der Waals surface area contributed by atoms with Gasteiger partial charge in [0, 0.05) is 16.5 Å². The van der Waals surface area contributed by atoms with E-state index in [9.17, 15) is 4.79 Å². The van der Waals surface area contributed by atoms with E-state index in [0.717, 1.165) is 38.9 Å². The van der Waals surface area contributed by atoms with Crippen molar-refractivity contribution in [2.45, 2.75) is 5.41 Å². The second-order valence-electron chi connectivity index (χ2n) is 7.93. The Morgan fingerprint density at radius 2 is 1.16 bits per heavy atom. The fourth-order valence-electron chi connectivity index (χ4n) is 4.95. The van der Waals surface area contributed by atoms with Crippen LogP contribution in [-0.2, 0) is 5.41 Å². The van der Waals surface area contributed by atoms with E-state index in [1.807, 2.05) is 78.9 Å². The number of hydrogen-bond acceptors (Lipinski definition) is 2. The van der Waals surface area contributed by atoms with Crippen LogP contribution in [-0.4, -0.2) is 10.8 Å². The Kier molecular flexibility index (Phi) is 3.87. The van der Waals surface area contributed by atoms with Gasteiger partial charge in [0.05, 0.1) is 11.2 Å². The van der Waals surface area contributed by atoms with E-state index in [1.54, 1.807) is 0 Å². The first kappa shape index (κ1) is 17.8. The third kappa shape index (κ3) is 2.45. The van der Waals surface area contributed by atoms with Gasteiger partial charge in [0.15, 0.2) is 5.78 Å². The number of aromatic nitrogens is 1. The molecule has 0 saturated heterocycles. The smallest absolute Gasteiger partial charge is 0.184 e. The Labute approximate surface area is 180 Å². The summed E-state index contributed by atoms with van der Waals surface area (Å²) in [7, 11) is 0. The van der Waals surface area contributed by atoms with Crippen LogP contribution in [0.1, 0.15) is 27.0 Å². The Balaban J connectivity index is 1.79. The summed E-state index contributed by atoms with van der Waals surface area (Å²) in [6, 6.07) is 38.4. The van der Waals surface area contributed by atoms with Crippen LogP contribution in [0.4, 0.5) is 0 Å². The number of ketones is 1. The molecule has 0 aliphatic heterocycles. The largest absolute Gasteiger partial charge is 0.292 e. The first-order valence-corrected chi connectivity index (χ1v) is 10.5. The van der Waals surface area contributed by atoms with Gasteiger partial charge in [-0.15, -0.1) is 0 Å². The summed E-state index contributed by atoms with van der Waals surface area (Å²) in [6.45, 7) is 0. The average molecular weight is 397 g/mol. The predicted octanol–water partition coefficient (Wildman–Crippen LogP) is 6.43. The molecule has 0 bridgehead atoms. The minimum absolute atomic E-state index is 0.0665. The zero-order valence-corrected chi connectivity index (χ0v) is 16.8. The van der Waals surface area contributed by atoms with Gasteiger partial charge in [-0.05, 0) is 28.8 Å². The normalized spacial score (nSPS) is 14.1. The summed E-state index contributed by atoms with van der Waals surface area (Å²) in [5.74, 6) is 0.0665. The lowest BCUT2D eigenvalue weighted by atomic mass is 9.61. The number of para-hydroxylation sites is 1. The topological polar surface area (TPSA) is 30.0 Å². The minimum atomic E-state index is -0.920. The van der Waals surface area contributed by atoms with E-state index < -0.39 is 5.41 Å². The zero-order chi connectivity index (χ0) is 20.8. The summed E-state index contributed by atoms with van der Waals surface area (Å²) in [5, 5.41) is 0.976. The molecule has 0 saturated carbocycles. The van der Waals surface area contributed by atoms with Crippen molar-refractivity contribution in [1.29, 1.82) is 0 Å². The first-order chi connectivity index (χ1) is 15.3. The van der Waals surface area contributed by atoms with Crippen molar-refractivity contribution in [2.24, 2.45) is 0 Å². The molecule has 0 fully saturated rings. The van der Waals surface area contributed by atoms with Gasteiger partial charge in [-0.1, -0.05) is 103 Å². The molecular formula is C29H19NO. The van der Waals surface area contributed by atoms with Crippen molar-refractivity contribution in [3.05, 3.63) is 138 Å². The van der Waals surface area contributed by atoms with E-state index in [4.69, 9.17) is 4.98 Å². The van der Waals surface area contributed by atoms with Crippen molar-refractivity contribution in [3.8, 4) is 11.3 Å². The van der Waals surface area contributed by atoms with Crippen LogP contribution < -0.4 is 0 Å². The third-order valence-electron chi connectivity index (χ3n) is 6.31. The number of rotatable bonds is 2. The Bertz CT molecular complexity index is 1400. The fraction of sp³-hybridized carbons (Fsp3) is 0.0345. The zero-order valence-electron chi connectivity index (χ0n) is 16.8. The molecule has 0 N–H and O–H groups in total. The van der Waals surface area contributed by atoms with E-state index >= 15 is 0 Å². The van der Waals surface area contributed by atoms with Crippen LogP contribution in [0.3, 0.4) is 0 Å². The van der Waals surface area contributed by atoms with Gasteiger partial charge in [-0.3, -0.25) is 4.79 Å². The molecular weight excluding hydrogens is 378 g/mol. The number of fused-ring (bicyclic) bond motifs is 4. The number of nitrogens with zero attached hydrogens (tertiary/aromatic N) is 1. The predicted molar refractivity (Wildman–Crippen MR) is 124 cm³/mol. The van der Waals surface area contributed by atoms with Crippen molar-refractivity contribution < 1.29 is 4.79 Å². The third-order valence-corrected chi connectivity index (χ3v) is 6.31. The molecule has 146 valence electrons. The van der Waals surface area contributed by atoms with E-state index in [1.165, 1.54) is 0 Å². The maximum atomic E-state index is 14.5. The number of benzene rings is 4. The van der Waals surface area contributed by atoms with Crippen LogP contribution in [0.5, 0.6) is 0 Å². The van der Waals surface area contributed by atoms with E-state index in [-0.39, 0.29) is 5.78 Å². The van der Waals surface area contributed by atoms with Gasteiger partial charge in [-0.2, -0.15) is 0 Å². The molecule has 0 amide bonds. The summed E-state index contributed by atoms with van der Waals surface area (Å²) in [5.41, 5.74) is 5.34. The molecule has 1 heterocycles. The number of hydrogen-bond donors (Lipinski definition) is 0. The van der Waals surface area contributed by atoms with Gasteiger partial charge >= 0.3 is 0 Å². The van der Waals surface area contributed by atoms with E-state index in [0.29, 0.717) is 5.56 Å². The van der Waals surface area contributed by atoms with Gasteiger partial charge < -0.3 is 0 Å². The van der Waals surface area contributed by atoms with Crippen molar-refractivity contribution in [1.82, 2.24) is 4.98 Å². The van der Waals surface area contributed by atoms with Crippen LogP contribution in [0.2, 0.25) is 0 Å². The number of carbonyl (C=O) groups excluding carboxylic acids is 1. The average Bonchev–Trinajstić information content (AvgIpc) is 2.85. The maximum absolute atomic E-state index is 14.5. The summed E-state index contributed by atoms with van der Waals surface area (Å²) in [6.07, 6.45) is 0. The summed E-state index contributed by atoms with van der Waals surface area (Å²) < 4.78 is 0. The van der Waals surface area contributed by atoms with Crippen molar-refractivity contribution in [3.63, 3.8) is 0 Å². The molecule has 0 unspecified atom stereocenters. The Morgan fingerprint density at radius 3 is 1.87 bits per heavy atom. The van der Waals surface area contributed by atoms with Crippen LogP contribution in [0.25, 0.3) is 22.2 Å². The van der Waals surface area contributed by atoms with Gasteiger partial charge in [0.2, 0.25) is 0 Å². The van der Waals surface area contributed by atoms with E-state index in [2.05, 4.69) is 36.4 Å². The Hall–Kier alpha value is -4.04. The lowest BCUT2D eigenvalue weighted by molar-refractivity contribution is 0.0933. The fourth-order valence-corrected chi connectivity index (χ4v) is 4.95. The number of carbonyl (C=O) groups is 1. The van der Waals surface area contributed by atoms with Gasteiger partial charge in [-0.25, -0.2) is 4.98 Å². The molecule has 1 aromatic heterocycles. The molecule has 2 nitrogen and oxygen atoms in total. The van der Waals surface area contributed by atoms with Crippen LogP contribution >= 0.6 is 0 Å². The SMILES string of the molecule is O=C1c2cc3ccccc3nc2-c2ccccc2C1(c1ccccc1)c1ccccc1. The monoisotopic (exact) mass is 397 g/mol. The number of pyridine rings is 1. The second kappa shape index (κ2) is 6.75. The highest BCUT2D eigenvalue weighted by atomic mass is 16.1. The van der Waals surface area contributed by atoms with Gasteiger partial charge in [0.25, 0.3) is 0 Å². The molecule has 0 atom stereocenters. The molecule has 31 heavy (non-hydrogen) atoms. The van der Waals surface area contributed by atoms with Gasteiger partial charge in [0.1, 0.15) is 5.41 Å². The summed E-state index contributed by atoms with van der Waals surface area (Å²) >= 11 is 0. The standard InChI is InChI=1S/C29H19NO/c31-28-24-19-20-11-7-10-18-26(20)30-27(24)23-16-8-9-17-25(23)29(28,21-12-3-1-4-13-21)22-14-5-2-6-15-22/h1-19H. The highest BCUT2D eigenvalue weighted by Gasteiger charge is 2.49. The molecule has 0 radical (unpaired) electrons. The molecule has 2 heteroatoms. The van der Waals surface area contributed by atoms with Crippen LogP contribution in [0.15, 0.2) is 115 Å². The highest BCUT2D eigenvalue weighted by Crippen LogP contribution is 2.50. The second-order valence-corrected chi connectivity index (χ2v) is 7.93. The molecule has 4 aromatic carbocycles. The lowest BCUT2D eigenvalue weighted by Gasteiger charge is -2.39. The Morgan fingerprint density at radius 1 is 0.581 bits per heavy atom. The number of Topliss-reactive ketones (excluding diaryl/α,β-unsaturated/α-hetero) is 1. The molecule has 0 spiro atoms.